The molecule has 4 atom stereocenters. The fraction of sp³-hybridized carbons (Fsp3) is 0.540. The number of aromatic nitrogens is 4. The second-order valence-electron chi connectivity index (χ2n) is 17.9. The number of fused-ring (bicyclic) bond motifs is 4. The lowest BCUT2D eigenvalue weighted by Gasteiger charge is -2.29. The number of carbonyl (C=O) groups is 3. The number of amides is 3. The van der Waals surface area contributed by atoms with Gasteiger partial charge in [-0.1, -0.05) is 83.7 Å². The van der Waals surface area contributed by atoms with Crippen LogP contribution < -0.4 is 11.5 Å². The lowest BCUT2D eigenvalue weighted by atomic mass is 9.91. The lowest BCUT2D eigenvalue weighted by Crippen LogP contribution is -2.37. The van der Waals surface area contributed by atoms with Crippen molar-refractivity contribution in [2.24, 2.45) is 23.3 Å². The van der Waals surface area contributed by atoms with Crippen LogP contribution in [-0.4, -0.2) is 73.9 Å². The van der Waals surface area contributed by atoms with Crippen LogP contribution in [-0.2, 0) is 27.2 Å². The Morgan fingerprint density at radius 1 is 0.806 bits per heavy atom. The van der Waals surface area contributed by atoms with E-state index in [1.165, 1.54) is 47.4 Å². The zero-order valence-electron chi connectivity index (χ0n) is 38.4. The van der Waals surface area contributed by atoms with Gasteiger partial charge in [0, 0.05) is 35.9 Å². The number of imidazole rings is 2. The summed E-state index contributed by atoms with van der Waals surface area (Å²) in [5.41, 5.74) is 18.6. The molecule has 3 aromatic carbocycles. The minimum absolute atomic E-state index is 0.00737. The molecule has 8 rings (SSSR count). The number of ether oxygens (including phenoxy) is 1. The van der Waals surface area contributed by atoms with E-state index in [-0.39, 0.29) is 36.0 Å². The van der Waals surface area contributed by atoms with E-state index in [0.29, 0.717) is 24.7 Å². The number of nitrogens with zero attached hydrogens (tertiary/aromatic N) is 4. The van der Waals surface area contributed by atoms with Gasteiger partial charge in [-0.3, -0.25) is 9.59 Å². The number of hydrogen-bond acceptors (Lipinski definition) is 7. The fourth-order valence-electron chi connectivity index (χ4n) is 10.3. The van der Waals surface area contributed by atoms with Crippen LogP contribution in [0.2, 0.25) is 0 Å². The Bertz CT molecular complexity index is 2320. The number of H-pyrrole nitrogens is 2. The molecule has 2 aromatic heterocycles. The molecule has 12 nitrogen and oxygen atoms in total. The van der Waals surface area contributed by atoms with Crippen LogP contribution in [0.15, 0.2) is 48.7 Å². The Hall–Kier alpha value is -5.23. The summed E-state index contributed by atoms with van der Waals surface area (Å²) in [4.78, 5) is 58.0. The first-order valence-corrected chi connectivity index (χ1v) is 23.1. The van der Waals surface area contributed by atoms with Crippen molar-refractivity contribution in [3.05, 3.63) is 71.4 Å². The Balaban J connectivity index is 0.000000856. The summed E-state index contributed by atoms with van der Waals surface area (Å²) in [7, 11) is 2.72. The predicted octanol–water partition coefficient (Wildman–Crippen LogP) is 10.3. The molecule has 3 aliphatic rings. The van der Waals surface area contributed by atoms with Gasteiger partial charge in [0.1, 0.15) is 11.6 Å². The van der Waals surface area contributed by atoms with Crippen molar-refractivity contribution in [1.29, 1.82) is 0 Å². The Labute approximate surface area is 368 Å². The van der Waals surface area contributed by atoms with E-state index in [1.54, 1.807) is 0 Å². The van der Waals surface area contributed by atoms with Gasteiger partial charge < -0.3 is 36.0 Å². The van der Waals surface area contributed by atoms with Gasteiger partial charge in [0.05, 0.1) is 42.1 Å². The maximum atomic E-state index is 13.7. The van der Waals surface area contributed by atoms with Gasteiger partial charge >= 0.3 is 6.09 Å². The second-order valence-corrected chi connectivity index (χ2v) is 17.9. The van der Waals surface area contributed by atoms with Crippen LogP contribution in [0.25, 0.3) is 44.2 Å². The monoisotopic (exact) mass is 847 g/mol. The average molecular weight is 847 g/mol. The number of likely N-dealkylation sites (tertiary alicyclic amines) is 2. The Kier molecular flexibility index (Phi) is 15.5. The van der Waals surface area contributed by atoms with Crippen LogP contribution in [0, 0.1) is 11.8 Å². The summed E-state index contributed by atoms with van der Waals surface area (Å²) in [6.07, 6.45) is 14.1. The van der Waals surface area contributed by atoms with E-state index in [2.05, 4.69) is 120 Å². The maximum Gasteiger partial charge on any atom is 0.404 e. The standard InChI is InChI=1S/C47H60N6O2.C2H5NO2.CH5N/c1-7-10-31(11-8-2)25-44(55)52-29(5)14-22-41(52)46-48-27-40(50-46)38-20-19-34(36-12-9-13-37(36)38)32-16-18-35-33(26-32)17-21-39-45(35)51-47(49-39)42-23-15-30(6)53(42)43(54)24-28(3)4;1-5-2(3)4;1-2/h16-21,26-31,41-42H,7-15,22-25H2,1-6H3,(H,48,50)(H,49,51);1H3,(H2,3,4);2H2,1H3. The van der Waals surface area contributed by atoms with E-state index >= 15 is 0 Å². The largest absolute Gasteiger partial charge is 0.453 e. The molecule has 1 aliphatic carbocycles. The van der Waals surface area contributed by atoms with Crippen molar-refractivity contribution in [3.63, 3.8) is 0 Å². The summed E-state index contributed by atoms with van der Waals surface area (Å²) in [6, 6.07) is 16.2. The Morgan fingerprint density at radius 2 is 1.40 bits per heavy atom. The number of rotatable bonds is 12. The van der Waals surface area contributed by atoms with E-state index in [9.17, 15) is 14.4 Å². The molecule has 62 heavy (non-hydrogen) atoms. The van der Waals surface area contributed by atoms with E-state index in [4.69, 9.17) is 9.97 Å². The topological polar surface area (TPSA) is 176 Å². The second kappa shape index (κ2) is 20.8. The quantitative estimate of drug-likeness (QED) is 0.0966. The minimum Gasteiger partial charge on any atom is -0.453 e. The van der Waals surface area contributed by atoms with Gasteiger partial charge in [-0.2, -0.15) is 0 Å². The molecule has 6 N–H and O–H groups in total. The fourth-order valence-corrected chi connectivity index (χ4v) is 10.3. The van der Waals surface area contributed by atoms with Gasteiger partial charge in [-0.15, -0.1) is 0 Å². The van der Waals surface area contributed by atoms with Gasteiger partial charge in [-0.05, 0) is 117 Å². The molecule has 0 radical (unpaired) electrons. The normalized spacial score (nSPS) is 19.5. The van der Waals surface area contributed by atoms with E-state index in [0.717, 1.165) is 104 Å². The number of methoxy groups -OCH3 is 1. The molecule has 4 heterocycles. The highest BCUT2D eigenvalue weighted by atomic mass is 16.5. The molecule has 12 heteroatoms. The first kappa shape index (κ1) is 46.3. The third-order valence-electron chi connectivity index (χ3n) is 13.2. The number of carbonyl (C=O) groups excluding carboxylic acids is 3. The molecule has 2 fully saturated rings. The molecule has 2 saturated heterocycles. The van der Waals surface area contributed by atoms with Crippen LogP contribution in [0.5, 0.6) is 0 Å². The summed E-state index contributed by atoms with van der Waals surface area (Å²) < 4.78 is 3.89. The molecular formula is C50H70N8O4. The molecule has 0 spiro atoms. The van der Waals surface area contributed by atoms with Crippen molar-refractivity contribution in [1.82, 2.24) is 29.7 Å². The molecule has 5 aromatic rings. The van der Waals surface area contributed by atoms with E-state index in [1.807, 2.05) is 6.20 Å². The van der Waals surface area contributed by atoms with Gasteiger partial charge in [0.25, 0.3) is 0 Å². The first-order chi connectivity index (χ1) is 29.9. The molecule has 4 unspecified atom stereocenters. The van der Waals surface area contributed by atoms with Crippen molar-refractivity contribution >= 4 is 39.7 Å². The highest BCUT2D eigenvalue weighted by Crippen LogP contribution is 2.42. The van der Waals surface area contributed by atoms with Crippen molar-refractivity contribution in [2.45, 2.75) is 149 Å². The summed E-state index contributed by atoms with van der Waals surface area (Å²) in [5, 5.41) is 2.30. The number of benzene rings is 3. The number of aromatic amines is 2. The first-order valence-electron chi connectivity index (χ1n) is 23.1. The van der Waals surface area contributed by atoms with Gasteiger partial charge in [0.2, 0.25) is 11.8 Å². The number of hydrogen-bond donors (Lipinski definition) is 4. The third-order valence-corrected chi connectivity index (χ3v) is 13.2. The molecular weight excluding hydrogens is 777 g/mol. The van der Waals surface area contributed by atoms with Crippen LogP contribution >= 0.6 is 0 Å². The smallest absolute Gasteiger partial charge is 0.404 e. The number of nitrogens with two attached hydrogens (primary N) is 2. The average Bonchev–Trinajstić information content (AvgIpc) is 4.11. The lowest BCUT2D eigenvalue weighted by molar-refractivity contribution is -0.136. The molecule has 3 amide bonds. The highest BCUT2D eigenvalue weighted by Gasteiger charge is 2.39. The highest BCUT2D eigenvalue weighted by molar-refractivity contribution is 6.05. The van der Waals surface area contributed by atoms with Gasteiger partial charge in [0.15, 0.2) is 0 Å². The van der Waals surface area contributed by atoms with Gasteiger partial charge in [-0.25, -0.2) is 14.8 Å². The molecule has 2 aliphatic heterocycles. The number of primary amides is 1. The SMILES string of the molecule is CCCC(CCC)CC(=O)N1C(C)CCC1c1ncc(-c2ccc(-c3ccc4c(ccc5[nH]c(C6CCC(C)N6C(=O)CC(C)C)nc54)c3)c3c2CCC3)[nH]1.CN.COC(N)=O. The van der Waals surface area contributed by atoms with Crippen molar-refractivity contribution < 1.29 is 19.1 Å². The maximum absolute atomic E-state index is 13.7. The zero-order chi connectivity index (χ0) is 44.7. The zero-order valence-corrected chi connectivity index (χ0v) is 38.4. The van der Waals surface area contributed by atoms with E-state index < -0.39 is 6.09 Å². The van der Waals surface area contributed by atoms with Crippen LogP contribution in [0.3, 0.4) is 0 Å². The summed E-state index contributed by atoms with van der Waals surface area (Å²) in [5.74, 6) is 3.14. The molecule has 0 saturated carbocycles. The van der Waals surface area contributed by atoms with Crippen LogP contribution in [0.4, 0.5) is 4.79 Å². The third kappa shape index (κ3) is 9.85. The molecule has 0 bridgehead atoms. The Morgan fingerprint density at radius 3 is 2.02 bits per heavy atom. The van der Waals surface area contributed by atoms with Crippen molar-refractivity contribution in [2.75, 3.05) is 14.2 Å². The van der Waals surface area contributed by atoms with Crippen LogP contribution in [0.1, 0.15) is 147 Å². The summed E-state index contributed by atoms with van der Waals surface area (Å²) in [6.45, 7) is 13.0. The van der Waals surface area contributed by atoms with Crippen molar-refractivity contribution in [3.8, 4) is 22.4 Å². The number of nitrogens with one attached hydrogen (secondary N) is 2. The summed E-state index contributed by atoms with van der Waals surface area (Å²) >= 11 is 0. The predicted molar refractivity (Wildman–Crippen MR) is 249 cm³/mol. The minimum atomic E-state index is -0.745. The molecule has 334 valence electrons.